The maximum absolute atomic E-state index is 11.9. The SMILES string of the molecule is NS(=O)(=O)c1ccc(CCNC(=O)N2CCCCC2)s1. The van der Waals surface area contributed by atoms with Crippen LogP contribution in [0.1, 0.15) is 24.1 Å². The summed E-state index contributed by atoms with van der Waals surface area (Å²) in [7, 11) is -3.62. The number of nitrogens with one attached hydrogen (secondary N) is 1. The van der Waals surface area contributed by atoms with Gasteiger partial charge in [-0.25, -0.2) is 18.4 Å². The molecule has 1 aliphatic rings. The number of primary sulfonamides is 1. The van der Waals surface area contributed by atoms with Gasteiger partial charge >= 0.3 is 6.03 Å². The molecule has 0 aliphatic carbocycles. The molecule has 1 aliphatic heterocycles. The minimum absolute atomic E-state index is 0.0343. The lowest BCUT2D eigenvalue weighted by Crippen LogP contribution is -2.43. The lowest BCUT2D eigenvalue weighted by Gasteiger charge is -2.26. The first-order valence-electron chi connectivity index (χ1n) is 6.61. The third-order valence-corrected chi connectivity index (χ3v) is 5.79. The number of rotatable bonds is 4. The van der Waals surface area contributed by atoms with Gasteiger partial charge in [0.15, 0.2) is 0 Å². The third kappa shape index (κ3) is 4.19. The summed E-state index contributed by atoms with van der Waals surface area (Å²) >= 11 is 1.15. The van der Waals surface area contributed by atoms with Crippen LogP contribution in [-0.2, 0) is 16.4 Å². The molecule has 0 atom stereocenters. The van der Waals surface area contributed by atoms with Crippen LogP contribution < -0.4 is 10.5 Å². The first kappa shape index (κ1) is 15.3. The van der Waals surface area contributed by atoms with Crippen LogP contribution in [0.25, 0.3) is 0 Å². The van der Waals surface area contributed by atoms with Crippen molar-refractivity contribution in [3.8, 4) is 0 Å². The second-order valence-corrected chi connectivity index (χ2v) is 7.75. The minimum Gasteiger partial charge on any atom is -0.338 e. The maximum Gasteiger partial charge on any atom is 0.317 e. The van der Waals surface area contributed by atoms with Crippen LogP contribution in [0.3, 0.4) is 0 Å². The van der Waals surface area contributed by atoms with Crippen LogP contribution >= 0.6 is 11.3 Å². The van der Waals surface area contributed by atoms with Crippen molar-refractivity contribution in [1.82, 2.24) is 10.2 Å². The van der Waals surface area contributed by atoms with E-state index in [1.165, 1.54) is 12.5 Å². The molecule has 1 saturated heterocycles. The molecule has 0 bridgehead atoms. The monoisotopic (exact) mass is 317 g/mol. The van der Waals surface area contributed by atoms with E-state index in [1.807, 2.05) is 4.90 Å². The van der Waals surface area contributed by atoms with Gasteiger partial charge in [0.25, 0.3) is 0 Å². The smallest absolute Gasteiger partial charge is 0.317 e. The standard InChI is InChI=1S/C12H19N3O3S2/c13-20(17,18)11-5-4-10(19-11)6-7-14-12(16)15-8-2-1-3-9-15/h4-5H,1-3,6-9H2,(H,14,16)(H2,13,17,18). The van der Waals surface area contributed by atoms with Gasteiger partial charge in [-0.2, -0.15) is 0 Å². The maximum atomic E-state index is 11.9. The van der Waals surface area contributed by atoms with E-state index in [-0.39, 0.29) is 10.2 Å². The summed E-state index contributed by atoms with van der Waals surface area (Å²) in [5, 5.41) is 7.91. The molecule has 1 aromatic rings. The molecule has 6 nitrogen and oxygen atoms in total. The highest BCUT2D eigenvalue weighted by atomic mass is 32.2. The molecule has 2 rings (SSSR count). The molecule has 0 saturated carbocycles. The molecule has 0 spiro atoms. The highest BCUT2D eigenvalue weighted by molar-refractivity contribution is 7.91. The molecule has 0 aromatic carbocycles. The summed E-state index contributed by atoms with van der Waals surface area (Å²) < 4.78 is 22.5. The number of nitrogens with zero attached hydrogens (tertiary/aromatic N) is 1. The quantitative estimate of drug-likeness (QED) is 0.872. The summed E-state index contributed by atoms with van der Waals surface area (Å²) in [5.41, 5.74) is 0. The molecular formula is C12H19N3O3S2. The minimum atomic E-state index is -3.62. The second kappa shape index (κ2) is 6.55. The highest BCUT2D eigenvalue weighted by Crippen LogP contribution is 2.20. The topological polar surface area (TPSA) is 92.5 Å². The first-order chi connectivity index (χ1) is 9.47. The molecule has 2 amide bonds. The van der Waals surface area contributed by atoms with Crippen LogP contribution in [-0.4, -0.2) is 39.0 Å². The number of likely N-dealkylation sites (tertiary alicyclic amines) is 1. The average molecular weight is 317 g/mol. The molecule has 2 heterocycles. The lowest BCUT2D eigenvalue weighted by atomic mass is 10.1. The van der Waals surface area contributed by atoms with Gasteiger partial charge in [0, 0.05) is 24.5 Å². The Kier molecular flexibility index (Phi) is 5.00. The molecule has 112 valence electrons. The van der Waals surface area contributed by atoms with Crippen molar-refractivity contribution in [1.29, 1.82) is 0 Å². The Bertz CT molecular complexity index is 562. The van der Waals surface area contributed by atoms with Crippen LogP contribution in [0.15, 0.2) is 16.3 Å². The van der Waals surface area contributed by atoms with E-state index in [0.29, 0.717) is 13.0 Å². The molecule has 0 unspecified atom stereocenters. The van der Waals surface area contributed by atoms with Crippen LogP contribution in [0.5, 0.6) is 0 Å². The fourth-order valence-electron chi connectivity index (χ4n) is 2.15. The zero-order valence-corrected chi connectivity index (χ0v) is 12.8. The van der Waals surface area contributed by atoms with E-state index in [0.717, 1.165) is 42.1 Å². The van der Waals surface area contributed by atoms with Crippen molar-refractivity contribution < 1.29 is 13.2 Å². The summed E-state index contributed by atoms with van der Waals surface area (Å²) in [5.74, 6) is 0. The van der Waals surface area contributed by atoms with E-state index in [2.05, 4.69) is 5.32 Å². The number of hydrogen-bond acceptors (Lipinski definition) is 4. The Morgan fingerprint density at radius 1 is 1.30 bits per heavy atom. The van der Waals surface area contributed by atoms with Crippen molar-refractivity contribution in [3.05, 3.63) is 17.0 Å². The number of urea groups is 1. The second-order valence-electron chi connectivity index (χ2n) is 4.80. The molecular weight excluding hydrogens is 298 g/mol. The van der Waals surface area contributed by atoms with E-state index >= 15 is 0 Å². The van der Waals surface area contributed by atoms with Gasteiger partial charge in [-0.1, -0.05) is 0 Å². The zero-order chi connectivity index (χ0) is 14.6. The molecule has 8 heteroatoms. The van der Waals surface area contributed by atoms with E-state index in [9.17, 15) is 13.2 Å². The predicted molar refractivity (Wildman–Crippen MR) is 78.2 cm³/mol. The number of carbonyl (C=O) groups excluding carboxylic acids is 1. The van der Waals surface area contributed by atoms with Gasteiger partial charge in [-0.15, -0.1) is 11.3 Å². The number of piperidine rings is 1. The predicted octanol–water partition coefficient (Wildman–Crippen LogP) is 1.13. The van der Waals surface area contributed by atoms with Crippen molar-refractivity contribution >= 4 is 27.4 Å². The average Bonchev–Trinajstić information content (AvgIpc) is 2.88. The number of nitrogens with two attached hydrogens (primary N) is 1. The highest BCUT2D eigenvalue weighted by Gasteiger charge is 2.16. The first-order valence-corrected chi connectivity index (χ1v) is 8.97. The Morgan fingerprint density at radius 3 is 2.60 bits per heavy atom. The van der Waals surface area contributed by atoms with Crippen molar-refractivity contribution in [2.75, 3.05) is 19.6 Å². The van der Waals surface area contributed by atoms with Crippen molar-refractivity contribution in [2.45, 2.75) is 29.9 Å². The number of hydrogen-bond donors (Lipinski definition) is 2. The summed E-state index contributed by atoms with van der Waals surface area (Å²) in [4.78, 5) is 14.6. The van der Waals surface area contributed by atoms with Gasteiger partial charge in [0.2, 0.25) is 10.0 Å². The van der Waals surface area contributed by atoms with E-state index < -0.39 is 10.0 Å². The van der Waals surface area contributed by atoms with E-state index in [1.54, 1.807) is 6.07 Å². The van der Waals surface area contributed by atoms with Gasteiger partial charge in [-0.05, 0) is 37.8 Å². The Labute approximate surface area is 123 Å². The lowest BCUT2D eigenvalue weighted by molar-refractivity contribution is 0.186. The fourth-order valence-corrected chi connectivity index (χ4v) is 3.93. The fraction of sp³-hybridized carbons (Fsp3) is 0.583. The number of carbonyl (C=O) groups is 1. The largest absolute Gasteiger partial charge is 0.338 e. The summed E-state index contributed by atoms with van der Waals surface area (Å²) in [6.07, 6.45) is 3.93. The van der Waals surface area contributed by atoms with Gasteiger partial charge < -0.3 is 10.2 Å². The van der Waals surface area contributed by atoms with Crippen LogP contribution in [0.2, 0.25) is 0 Å². The molecule has 0 radical (unpaired) electrons. The Hall–Kier alpha value is -1.12. The Balaban J connectivity index is 1.78. The molecule has 1 aromatic heterocycles. The molecule has 20 heavy (non-hydrogen) atoms. The number of sulfonamides is 1. The van der Waals surface area contributed by atoms with Gasteiger partial charge in [-0.3, -0.25) is 0 Å². The van der Waals surface area contributed by atoms with Crippen LogP contribution in [0.4, 0.5) is 4.79 Å². The number of thiophene rings is 1. The van der Waals surface area contributed by atoms with Gasteiger partial charge in [0.1, 0.15) is 4.21 Å². The van der Waals surface area contributed by atoms with Crippen LogP contribution in [0, 0.1) is 0 Å². The van der Waals surface area contributed by atoms with Crippen molar-refractivity contribution in [3.63, 3.8) is 0 Å². The zero-order valence-electron chi connectivity index (χ0n) is 11.2. The normalized spacial score (nSPS) is 16.1. The van der Waals surface area contributed by atoms with E-state index in [4.69, 9.17) is 5.14 Å². The Morgan fingerprint density at radius 2 is 2.00 bits per heavy atom. The van der Waals surface area contributed by atoms with Crippen molar-refractivity contribution in [2.24, 2.45) is 5.14 Å². The summed E-state index contributed by atoms with van der Waals surface area (Å²) in [6, 6.07) is 3.20. The third-order valence-electron chi connectivity index (χ3n) is 3.21. The summed E-state index contributed by atoms with van der Waals surface area (Å²) in [6.45, 7) is 2.14. The van der Waals surface area contributed by atoms with Gasteiger partial charge in [0.05, 0.1) is 0 Å². The number of amides is 2. The molecule has 3 N–H and O–H groups in total. The molecule has 1 fully saturated rings.